The number of quaternary nitrogens is 1. The van der Waals surface area contributed by atoms with Crippen molar-refractivity contribution in [2.45, 2.75) is 238 Å². The van der Waals surface area contributed by atoms with Gasteiger partial charge in [0.2, 0.25) is 0 Å². The Morgan fingerprint density at radius 3 is 1.13 bits per heavy atom. The molecule has 0 aromatic carbocycles. The average Bonchev–Trinajstić information content (AvgIpc) is 3.38. The summed E-state index contributed by atoms with van der Waals surface area (Å²) in [7, 11) is 1.14. The highest BCUT2D eigenvalue weighted by atomic mass is 31.2. The molecule has 10 heteroatoms. The maximum atomic E-state index is 12.8. The molecule has 0 rings (SSSR count). The van der Waals surface area contributed by atoms with E-state index in [4.69, 9.17) is 18.5 Å². The van der Waals surface area contributed by atoms with E-state index in [2.05, 4.69) is 135 Å². The van der Waals surface area contributed by atoms with Gasteiger partial charge in [-0.2, -0.15) is 0 Å². The second kappa shape index (κ2) is 56.1. The van der Waals surface area contributed by atoms with Gasteiger partial charge in [-0.15, -0.1) is 0 Å². The number of ether oxygens (including phenoxy) is 2. The predicted octanol–water partition coefficient (Wildman–Crippen LogP) is 18.5. The van der Waals surface area contributed by atoms with Crippen LogP contribution in [-0.4, -0.2) is 70.0 Å². The zero-order valence-corrected chi connectivity index (χ0v) is 50.0. The van der Waals surface area contributed by atoms with Gasteiger partial charge >= 0.3 is 11.9 Å². The van der Waals surface area contributed by atoms with E-state index >= 15 is 0 Å². The predicted molar refractivity (Wildman–Crippen MR) is 323 cm³/mol. The minimum absolute atomic E-state index is 0.0413. The summed E-state index contributed by atoms with van der Waals surface area (Å²) >= 11 is 0. The van der Waals surface area contributed by atoms with Gasteiger partial charge in [-0.1, -0.05) is 232 Å². The topological polar surface area (TPSA) is 111 Å². The Kier molecular flexibility index (Phi) is 53.5. The Hall–Kier alpha value is -3.59. The van der Waals surface area contributed by atoms with Crippen molar-refractivity contribution >= 4 is 19.8 Å². The fourth-order valence-electron chi connectivity index (χ4n) is 7.82. The van der Waals surface area contributed by atoms with Crippen LogP contribution in [0.1, 0.15) is 232 Å². The van der Waals surface area contributed by atoms with E-state index in [9.17, 15) is 19.0 Å². The first-order valence-electron chi connectivity index (χ1n) is 30.2. The average molecular weight is 1080 g/mol. The number of carbonyl (C=O) groups is 2. The molecule has 76 heavy (non-hydrogen) atoms. The first kappa shape index (κ1) is 72.4. The maximum Gasteiger partial charge on any atom is 0.306 e. The molecule has 0 fully saturated rings. The molecule has 9 nitrogen and oxygen atoms in total. The van der Waals surface area contributed by atoms with Crippen molar-refractivity contribution in [1.82, 2.24) is 0 Å². The molecule has 0 aromatic heterocycles. The lowest BCUT2D eigenvalue weighted by Gasteiger charge is -2.28. The van der Waals surface area contributed by atoms with Gasteiger partial charge in [0.25, 0.3) is 7.82 Å². The summed E-state index contributed by atoms with van der Waals surface area (Å²) in [4.78, 5) is 37.9. The first-order valence-corrected chi connectivity index (χ1v) is 31.7. The van der Waals surface area contributed by atoms with Crippen LogP contribution in [-0.2, 0) is 32.7 Å². The van der Waals surface area contributed by atoms with Gasteiger partial charge in [0.05, 0.1) is 27.7 Å². The highest BCUT2D eigenvalue weighted by molar-refractivity contribution is 7.45. The van der Waals surface area contributed by atoms with Gasteiger partial charge in [0, 0.05) is 12.8 Å². The lowest BCUT2D eigenvalue weighted by molar-refractivity contribution is -0.870. The third kappa shape index (κ3) is 59.7. The van der Waals surface area contributed by atoms with Crippen LogP contribution in [0.4, 0.5) is 0 Å². The van der Waals surface area contributed by atoms with Gasteiger partial charge in [-0.3, -0.25) is 14.2 Å². The zero-order valence-electron chi connectivity index (χ0n) is 49.2. The van der Waals surface area contributed by atoms with E-state index < -0.39 is 32.5 Å². The second-order valence-corrected chi connectivity index (χ2v) is 22.4. The first-order chi connectivity index (χ1) is 37.0. The van der Waals surface area contributed by atoms with Crippen molar-refractivity contribution < 1.29 is 42.1 Å². The molecule has 0 saturated heterocycles. The van der Waals surface area contributed by atoms with Gasteiger partial charge in [0.1, 0.15) is 19.8 Å². The number of hydrogen-bond acceptors (Lipinski definition) is 8. The molecule has 0 heterocycles. The molecule has 0 aliphatic carbocycles. The van der Waals surface area contributed by atoms with Crippen LogP contribution < -0.4 is 4.89 Å². The molecule has 0 radical (unpaired) electrons. The normalized spacial score (nSPS) is 14.1. The zero-order chi connectivity index (χ0) is 55.6. The van der Waals surface area contributed by atoms with E-state index in [1.807, 2.05) is 21.1 Å². The standard InChI is InChI=1S/C66H112NO8P/c1-6-8-10-12-14-16-18-20-22-24-26-27-28-29-30-31-32-33-34-35-36-37-38-39-41-43-45-47-49-51-53-55-57-59-66(69)75-64(63-74-76(70,71)73-61-60-67(3,4)5)62-72-65(68)58-56-54-52-50-48-46-44-42-40-25-23-21-19-17-15-13-11-9-7-2/h8,10,14,16,20-23,26-27,29-30,32-33,35-36,38-39,43,45,64H,6-7,9,11-13,15,17-19,24-25,28,31,34,37,40-42,44,46-63H2,1-5H3/b10-8-,16-14-,22-20-,23-21-,27-26-,30-29-,33-32-,36-35-,39-38-,45-43-. The van der Waals surface area contributed by atoms with Crippen LogP contribution in [0.25, 0.3) is 0 Å². The van der Waals surface area contributed by atoms with E-state index in [1.165, 1.54) is 83.5 Å². The molecule has 0 aliphatic heterocycles. The van der Waals surface area contributed by atoms with Gasteiger partial charge in [-0.25, -0.2) is 0 Å². The summed E-state index contributed by atoms with van der Waals surface area (Å²) < 4.78 is 34.1. The number of allylic oxidation sites excluding steroid dienone is 20. The van der Waals surface area contributed by atoms with Crippen LogP contribution in [0.2, 0.25) is 0 Å². The summed E-state index contributed by atoms with van der Waals surface area (Å²) in [5.74, 6) is -0.863. The molecule has 2 unspecified atom stereocenters. The number of nitrogens with zero attached hydrogens (tertiary/aromatic N) is 1. The quantitative estimate of drug-likeness (QED) is 0.0195. The third-order valence-corrected chi connectivity index (χ3v) is 13.4. The number of esters is 2. The summed E-state index contributed by atoms with van der Waals surface area (Å²) in [5, 5.41) is 0. The van der Waals surface area contributed by atoms with E-state index in [1.54, 1.807) is 0 Å². The summed E-state index contributed by atoms with van der Waals surface area (Å²) in [6.07, 6.45) is 79.6. The molecule has 0 saturated carbocycles. The second-order valence-electron chi connectivity index (χ2n) is 21.0. The van der Waals surface area contributed by atoms with Crippen molar-refractivity contribution in [3.05, 3.63) is 122 Å². The van der Waals surface area contributed by atoms with Gasteiger partial charge in [-0.05, 0) is 109 Å². The molecule has 2 atom stereocenters. The molecule has 434 valence electrons. The summed E-state index contributed by atoms with van der Waals surface area (Å²) in [5.41, 5.74) is 0. The Morgan fingerprint density at radius 1 is 0.421 bits per heavy atom. The molecular formula is C66H112NO8P. The maximum absolute atomic E-state index is 12.8. The summed E-state index contributed by atoms with van der Waals surface area (Å²) in [6.45, 7) is 4.09. The van der Waals surface area contributed by atoms with Crippen LogP contribution in [0.15, 0.2) is 122 Å². The number of unbranched alkanes of at least 4 members (excludes halogenated alkanes) is 20. The number of phosphoric acid groups is 1. The highest BCUT2D eigenvalue weighted by Crippen LogP contribution is 2.38. The fourth-order valence-corrected chi connectivity index (χ4v) is 8.55. The Morgan fingerprint density at radius 2 is 0.750 bits per heavy atom. The molecule has 0 aliphatic rings. The van der Waals surface area contributed by atoms with Crippen molar-refractivity contribution in [3.63, 3.8) is 0 Å². The van der Waals surface area contributed by atoms with Crippen molar-refractivity contribution in [3.8, 4) is 0 Å². The number of rotatable bonds is 54. The molecule has 0 amide bonds. The monoisotopic (exact) mass is 1080 g/mol. The molecular weight excluding hydrogens is 966 g/mol. The minimum atomic E-state index is -4.65. The van der Waals surface area contributed by atoms with Crippen LogP contribution in [0.5, 0.6) is 0 Å². The Labute approximate surface area is 467 Å². The molecule has 0 bridgehead atoms. The molecule has 0 spiro atoms. The lowest BCUT2D eigenvalue weighted by atomic mass is 10.1. The van der Waals surface area contributed by atoms with E-state index in [0.717, 1.165) is 116 Å². The van der Waals surface area contributed by atoms with Gasteiger partial charge < -0.3 is 27.9 Å². The third-order valence-electron chi connectivity index (χ3n) is 12.5. The number of likely N-dealkylation sites (N-methyl/N-ethyl adjacent to an activating group) is 1. The van der Waals surface area contributed by atoms with Crippen LogP contribution in [0.3, 0.4) is 0 Å². The number of phosphoric ester groups is 1. The highest BCUT2D eigenvalue weighted by Gasteiger charge is 2.21. The summed E-state index contributed by atoms with van der Waals surface area (Å²) in [6, 6.07) is 0. The molecule has 0 N–H and O–H groups in total. The SMILES string of the molecule is CC/C=C\C/C=C\C/C=C\C/C=C\C/C=C\C/C=C\C/C=C\C/C=C\C/C=C\CCCCCCCC(=O)OC(COC(=O)CCCCCCCCCCC/C=C\CCCCCCCC)COP(=O)([O-])OCC[N+](C)(C)C. The van der Waals surface area contributed by atoms with Crippen molar-refractivity contribution in [2.75, 3.05) is 47.5 Å². The Balaban J connectivity index is 4.23. The van der Waals surface area contributed by atoms with E-state index in [0.29, 0.717) is 17.4 Å². The lowest BCUT2D eigenvalue weighted by Crippen LogP contribution is -2.37. The minimum Gasteiger partial charge on any atom is -0.756 e. The fraction of sp³-hybridized carbons (Fsp3) is 0.667. The number of hydrogen-bond donors (Lipinski definition) is 0. The van der Waals surface area contributed by atoms with E-state index in [-0.39, 0.29) is 26.1 Å². The molecule has 0 aromatic rings. The van der Waals surface area contributed by atoms with Crippen molar-refractivity contribution in [2.24, 2.45) is 0 Å². The van der Waals surface area contributed by atoms with Crippen molar-refractivity contribution in [1.29, 1.82) is 0 Å². The smallest absolute Gasteiger partial charge is 0.306 e. The Bertz CT molecular complexity index is 1700. The van der Waals surface area contributed by atoms with Gasteiger partial charge in [0.15, 0.2) is 6.10 Å². The number of carbonyl (C=O) groups excluding carboxylic acids is 2. The van der Waals surface area contributed by atoms with Crippen LogP contribution in [0, 0.1) is 0 Å². The van der Waals surface area contributed by atoms with Crippen LogP contribution >= 0.6 is 7.82 Å². The largest absolute Gasteiger partial charge is 0.756 e.